The van der Waals surface area contributed by atoms with Gasteiger partial charge in [0.25, 0.3) is 0 Å². The fourth-order valence-corrected chi connectivity index (χ4v) is 3.55. The van der Waals surface area contributed by atoms with E-state index in [2.05, 4.69) is 98.8 Å². The Morgan fingerprint density at radius 1 is 0.769 bits per heavy atom. The van der Waals surface area contributed by atoms with Gasteiger partial charge < -0.3 is 4.74 Å². The van der Waals surface area contributed by atoms with Gasteiger partial charge in [-0.05, 0) is 46.7 Å². The highest BCUT2D eigenvalue weighted by atomic mass is 16.6. The van der Waals surface area contributed by atoms with Gasteiger partial charge in [-0.25, -0.2) is 0 Å². The lowest BCUT2D eigenvalue weighted by Gasteiger charge is -2.17. The number of hydrogen-bond donors (Lipinski definition) is 0. The van der Waals surface area contributed by atoms with Crippen molar-refractivity contribution in [3.05, 3.63) is 107 Å². The molecule has 1 heterocycles. The molecule has 0 aliphatic carbocycles. The van der Waals surface area contributed by atoms with Gasteiger partial charge in [0.15, 0.2) is 0 Å². The van der Waals surface area contributed by atoms with Gasteiger partial charge >= 0.3 is 0 Å². The van der Waals surface area contributed by atoms with Crippen molar-refractivity contribution in [3.63, 3.8) is 0 Å². The minimum Gasteiger partial charge on any atom is -0.365 e. The zero-order chi connectivity index (χ0) is 18.0. The zero-order valence-electron chi connectivity index (χ0n) is 15.4. The van der Waals surface area contributed by atoms with Crippen molar-refractivity contribution in [2.75, 3.05) is 6.61 Å². The molecule has 1 fully saturated rings. The molecule has 3 aromatic carbocycles. The van der Waals surface area contributed by atoms with Crippen molar-refractivity contribution in [2.45, 2.75) is 25.9 Å². The molecule has 0 aromatic heterocycles. The fourth-order valence-electron chi connectivity index (χ4n) is 3.55. The lowest BCUT2D eigenvalue weighted by molar-refractivity contribution is 0.329. The molecule has 1 heteroatoms. The molecule has 0 amide bonds. The van der Waals surface area contributed by atoms with Gasteiger partial charge in [0, 0.05) is 0 Å². The van der Waals surface area contributed by atoms with Crippen LogP contribution in [-0.4, -0.2) is 6.61 Å². The summed E-state index contributed by atoms with van der Waals surface area (Å²) in [7, 11) is 0. The molecule has 4 rings (SSSR count). The third-order valence-corrected chi connectivity index (χ3v) is 5.20. The molecule has 1 aliphatic heterocycles. The molecule has 3 aromatic rings. The van der Waals surface area contributed by atoms with E-state index in [0.717, 1.165) is 13.0 Å². The van der Waals surface area contributed by atoms with Gasteiger partial charge in [0.1, 0.15) is 5.60 Å². The lowest BCUT2D eigenvalue weighted by Crippen LogP contribution is -2.02. The number of rotatable bonds is 5. The van der Waals surface area contributed by atoms with E-state index >= 15 is 0 Å². The van der Waals surface area contributed by atoms with Crippen molar-refractivity contribution in [3.8, 4) is 0 Å². The van der Waals surface area contributed by atoms with Crippen LogP contribution in [-0.2, 0) is 10.3 Å². The molecule has 130 valence electrons. The second kappa shape index (κ2) is 6.93. The molecule has 1 aliphatic rings. The predicted octanol–water partition coefficient (Wildman–Crippen LogP) is 6.30. The van der Waals surface area contributed by atoms with Crippen LogP contribution in [0.25, 0.3) is 11.1 Å². The number of ether oxygens (including phenoxy) is 1. The van der Waals surface area contributed by atoms with Crippen molar-refractivity contribution in [1.29, 1.82) is 0 Å². The molecule has 1 atom stereocenters. The van der Waals surface area contributed by atoms with Gasteiger partial charge in [-0.15, -0.1) is 0 Å². The van der Waals surface area contributed by atoms with E-state index in [1.54, 1.807) is 0 Å². The number of hydrogen-bond acceptors (Lipinski definition) is 1. The summed E-state index contributed by atoms with van der Waals surface area (Å²) in [4.78, 5) is 0. The number of epoxide rings is 1. The van der Waals surface area contributed by atoms with Crippen LogP contribution in [0, 0.1) is 0 Å². The minimum atomic E-state index is -0.0812. The van der Waals surface area contributed by atoms with Crippen molar-refractivity contribution in [2.24, 2.45) is 0 Å². The third-order valence-electron chi connectivity index (χ3n) is 5.20. The Hall–Kier alpha value is -2.64. The molecule has 1 nitrogen and oxygen atoms in total. The van der Waals surface area contributed by atoms with Gasteiger partial charge in [0.05, 0.1) is 6.61 Å². The summed E-state index contributed by atoms with van der Waals surface area (Å²) in [5.74, 6) is 0. The number of allylic oxidation sites excluding steroid dienone is 1. The molecule has 0 radical (unpaired) electrons. The largest absolute Gasteiger partial charge is 0.365 e. The molecule has 1 unspecified atom stereocenters. The van der Waals surface area contributed by atoms with Gasteiger partial charge in [-0.2, -0.15) is 0 Å². The van der Waals surface area contributed by atoms with E-state index in [4.69, 9.17) is 4.74 Å². The van der Waals surface area contributed by atoms with Crippen LogP contribution in [0.3, 0.4) is 0 Å². The summed E-state index contributed by atoms with van der Waals surface area (Å²) in [5.41, 5.74) is 7.66. The van der Waals surface area contributed by atoms with Gasteiger partial charge in [-0.3, -0.25) is 0 Å². The Kier molecular flexibility index (Phi) is 4.48. The second-order valence-electron chi connectivity index (χ2n) is 7.04. The van der Waals surface area contributed by atoms with Crippen LogP contribution in [0.15, 0.2) is 84.9 Å². The second-order valence-corrected chi connectivity index (χ2v) is 7.04. The number of benzene rings is 3. The Bertz CT molecular complexity index is 901. The molecular formula is C25H24O. The van der Waals surface area contributed by atoms with E-state index in [1.807, 2.05) is 0 Å². The standard InChI is InChI=1S/C25H24O/c1-3-23(19-10-6-4-7-11-19)24(20-12-8-5-9-13-20)21-14-16-22(17-15-21)25(2)18-26-25/h4-17H,3,18H2,1-2H3/b24-23-. The predicted molar refractivity (Wildman–Crippen MR) is 109 cm³/mol. The molecule has 0 saturated carbocycles. The first-order valence-corrected chi connectivity index (χ1v) is 9.30. The monoisotopic (exact) mass is 340 g/mol. The van der Waals surface area contributed by atoms with Crippen molar-refractivity contribution >= 4 is 11.1 Å². The summed E-state index contributed by atoms with van der Waals surface area (Å²) in [6.07, 6.45) is 0.983. The van der Waals surface area contributed by atoms with Crippen molar-refractivity contribution in [1.82, 2.24) is 0 Å². The first kappa shape index (κ1) is 16.8. The van der Waals surface area contributed by atoms with Crippen molar-refractivity contribution < 1.29 is 4.74 Å². The maximum atomic E-state index is 5.59. The summed E-state index contributed by atoms with van der Waals surface area (Å²) in [6.45, 7) is 5.20. The van der Waals surface area contributed by atoms with Gasteiger partial charge in [0.2, 0.25) is 0 Å². The normalized spacial score (nSPS) is 19.8. The first-order valence-electron chi connectivity index (χ1n) is 9.30. The van der Waals surface area contributed by atoms with E-state index in [9.17, 15) is 0 Å². The Morgan fingerprint density at radius 3 is 1.77 bits per heavy atom. The zero-order valence-corrected chi connectivity index (χ0v) is 15.4. The van der Waals surface area contributed by atoms with E-state index in [1.165, 1.54) is 33.4 Å². The van der Waals surface area contributed by atoms with E-state index in [-0.39, 0.29) is 5.60 Å². The average Bonchev–Trinajstić information content (AvgIpc) is 3.46. The molecule has 1 saturated heterocycles. The summed E-state index contributed by atoms with van der Waals surface area (Å²) in [6, 6.07) is 30.3. The first-order chi connectivity index (χ1) is 12.7. The van der Waals surface area contributed by atoms with Crippen LogP contribution >= 0.6 is 0 Å². The lowest BCUT2D eigenvalue weighted by atomic mass is 9.87. The smallest absolute Gasteiger partial charge is 0.114 e. The summed E-state index contributed by atoms with van der Waals surface area (Å²) in [5, 5.41) is 0. The van der Waals surface area contributed by atoms with Crippen LogP contribution < -0.4 is 0 Å². The molecular weight excluding hydrogens is 316 g/mol. The van der Waals surface area contributed by atoms with Crippen LogP contribution in [0.1, 0.15) is 42.5 Å². The van der Waals surface area contributed by atoms with Crippen LogP contribution in [0.4, 0.5) is 0 Å². The highest BCUT2D eigenvalue weighted by Crippen LogP contribution is 2.39. The fraction of sp³-hybridized carbons (Fsp3) is 0.200. The molecule has 0 bridgehead atoms. The van der Waals surface area contributed by atoms with E-state index < -0.39 is 0 Å². The van der Waals surface area contributed by atoms with Crippen LogP contribution in [0.2, 0.25) is 0 Å². The Labute approximate surface area is 156 Å². The molecule has 0 spiro atoms. The maximum Gasteiger partial charge on any atom is 0.114 e. The highest BCUT2D eigenvalue weighted by molar-refractivity contribution is 5.98. The van der Waals surface area contributed by atoms with E-state index in [0.29, 0.717) is 0 Å². The SMILES string of the molecule is CC/C(=C(\c1ccccc1)c1ccc(C2(C)CO2)cc1)c1ccccc1. The Morgan fingerprint density at radius 2 is 1.27 bits per heavy atom. The highest BCUT2D eigenvalue weighted by Gasteiger charge is 2.40. The average molecular weight is 340 g/mol. The molecule has 26 heavy (non-hydrogen) atoms. The third kappa shape index (κ3) is 3.23. The summed E-state index contributed by atoms with van der Waals surface area (Å²) < 4.78 is 5.59. The van der Waals surface area contributed by atoms with Gasteiger partial charge in [-0.1, -0.05) is 91.9 Å². The van der Waals surface area contributed by atoms with Crippen LogP contribution in [0.5, 0.6) is 0 Å². The minimum absolute atomic E-state index is 0.0812. The topological polar surface area (TPSA) is 12.5 Å². The Balaban J connectivity index is 1.87. The quantitative estimate of drug-likeness (QED) is 0.392. The maximum absolute atomic E-state index is 5.59. The molecule has 0 N–H and O–H groups in total. The summed E-state index contributed by atoms with van der Waals surface area (Å²) >= 11 is 0.